The van der Waals surface area contributed by atoms with E-state index in [0.717, 1.165) is 0 Å². The standard InChI is InChI=1S/C10H21N/c1-3-4-5-6-7-8-9-10-11-2/h9-11H,3-8H2,1-2H3. The summed E-state index contributed by atoms with van der Waals surface area (Å²) in [5.74, 6) is 0. The molecule has 66 valence electrons. The molecule has 0 saturated heterocycles. The van der Waals surface area contributed by atoms with Crippen LogP contribution in [0.1, 0.15) is 45.4 Å². The highest BCUT2D eigenvalue weighted by Crippen LogP contribution is 2.04. The number of hydrogen-bond donors (Lipinski definition) is 1. The summed E-state index contributed by atoms with van der Waals surface area (Å²) >= 11 is 0. The molecule has 1 N–H and O–H groups in total. The molecule has 0 aliphatic carbocycles. The highest BCUT2D eigenvalue weighted by molar-refractivity contribution is 4.77. The van der Waals surface area contributed by atoms with Crippen LogP contribution in [0.25, 0.3) is 0 Å². The third-order valence-corrected chi connectivity index (χ3v) is 1.76. The van der Waals surface area contributed by atoms with Gasteiger partial charge >= 0.3 is 0 Å². The van der Waals surface area contributed by atoms with Crippen molar-refractivity contribution in [2.24, 2.45) is 0 Å². The lowest BCUT2D eigenvalue weighted by molar-refractivity contribution is 0.637. The number of allylic oxidation sites excluding steroid dienone is 1. The molecule has 0 fully saturated rings. The third kappa shape index (κ3) is 9.54. The van der Waals surface area contributed by atoms with Gasteiger partial charge in [0.2, 0.25) is 0 Å². The number of nitrogens with one attached hydrogen (secondary N) is 1. The number of unbranched alkanes of at least 4 members (excludes halogenated alkanes) is 5. The fourth-order valence-electron chi connectivity index (χ4n) is 1.07. The van der Waals surface area contributed by atoms with Crippen molar-refractivity contribution in [1.82, 2.24) is 5.32 Å². The van der Waals surface area contributed by atoms with Crippen LogP contribution >= 0.6 is 0 Å². The molecule has 1 heteroatoms. The molecule has 0 aliphatic heterocycles. The van der Waals surface area contributed by atoms with Gasteiger partial charge in [-0.05, 0) is 19.0 Å². The van der Waals surface area contributed by atoms with Crippen LogP contribution in [-0.2, 0) is 0 Å². The molecule has 0 aromatic carbocycles. The number of hydrogen-bond acceptors (Lipinski definition) is 1. The molecule has 0 aromatic heterocycles. The summed E-state index contributed by atoms with van der Waals surface area (Å²) in [4.78, 5) is 0. The van der Waals surface area contributed by atoms with Crippen LogP contribution in [0, 0.1) is 0 Å². The van der Waals surface area contributed by atoms with Gasteiger partial charge in [-0.2, -0.15) is 0 Å². The quantitative estimate of drug-likeness (QED) is 0.557. The Labute approximate surface area is 70.9 Å². The summed E-state index contributed by atoms with van der Waals surface area (Å²) in [6, 6.07) is 0. The Kier molecular flexibility index (Phi) is 9.14. The van der Waals surface area contributed by atoms with Crippen LogP contribution in [0.3, 0.4) is 0 Å². The monoisotopic (exact) mass is 155 g/mol. The van der Waals surface area contributed by atoms with Crippen LogP contribution in [0.15, 0.2) is 12.3 Å². The van der Waals surface area contributed by atoms with Gasteiger partial charge in [-0.25, -0.2) is 0 Å². The van der Waals surface area contributed by atoms with Crippen molar-refractivity contribution in [2.45, 2.75) is 45.4 Å². The van der Waals surface area contributed by atoms with E-state index in [-0.39, 0.29) is 0 Å². The van der Waals surface area contributed by atoms with E-state index in [1.165, 1.54) is 38.5 Å². The van der Waals surface area contributed by atoms with Crippen LogP contribution in [-0.4, -0.2) is 7.05 Å². The highest BCUT2D eigenvalue weighted by atomic mass is 14.8. The first-order valence-corrected chi connectivity index (χ1v) is 4.74. The van der Waals surface area contributed by atoms with Crippen molar-refractivity contribution in [2.75, 3.05) is 7.05 Å². The smallest absolute Gasteiger partial charge is 0.00276 e. The van der Waals surface area contributed by atoms with E-state index in [2.05, 4.69) is 18.3 Å². The first kappa shape index (κ1) is 10.5. The first-order valence-electron chi connectivity index (χ1n) is 4.74. The van der Waals surface area contributed by atoms with Crippen molar-refractivity contribution < 1.29 is 0 Å². The topological polar surface area (TPSA) is 12.0 Å². The van der Waals surface area contributed by atoms with Crippen molar-refractivity contribution in [1.29, 1.82) is 0 Å². The molecule has 0 spiro atoms. The maximum absolute atomic E-state index is 2.99. The zero-order chi connectivity index (χ0) is 8.36. The summed E-state index contributed by atoms with van der Waals surface area (Å²) in [5, 5.41) is 2.99. The summed E-state index contributed by atoms with van der Waals surface area (Å²) in [5.41, 5.74) is 0. The fourth-order valence-corrected chi connectivity index (χ4v) is 1.07. The molecule has 0 amide bonds. The molecule has 11 heavy (non-hydrogen) atoms. The summed E-state index contributed by atoms with van der Waals surface area (Å²) in [7, 11) is 1.94. The van der Waals surface area contributed by atoms with Gasteiger partial charge < -0.3 is 5.32 Å². The van der Waals surface area contributed by atoms with Crippen molar-refractivity contribution >= 4 is 0 Å². The second-order valence-electron chi connectivity index (χ2n) is 2.89. The van der Waals surface area contributed by atoms with Gasteiger partial charge in [0.15, 0.2) is 0 Å². The molecule has 1 nitrogen and oxygen atoms in total. The van der Waals surface area contributed by atoms with Crippen molar-refractivity contribution in [3.05, 3.63) is 12.3 Å². The van der Waals surface area contributed by atoms with E-state index in [9.17, 15) is 0 Å². The average Bonchev–Trinajstić information content (AvgIpc) is 2.03. The van der Waals surface area contributed by atoms with Gasteiger partial charge in [0.1, 0.15) is 0 Å². The second kappa shape index (κ2) is 9.54. The van der Waals surface area contributed by atoms with Crippen LogP contribution in [0.2, 0.25) is 0 Å². The molecule has 0 heterocycles. The molecule has 0 aliphatic rings. The number of rotatable bonds is 7. The summed E-state index contributed by atoms with van der Waals surface area (Å²) < 4.78 is 0. The zero-order valence-corrected chi connectivity index (χ0v) is 7.90. The molecule has 0 bridgehead atoms. The van der Waals surface area contributed by atoms with Crippen molar-refractivity contribution in [3.8, 4) is 0 Å². The minimum Gasteiger partial charge on any atom is -0.394 e. The van der Waals surface area contributed by atoms with Gasteiger partial charge in [-0.15, -0.1) is 0 Å². The first-order chi connectivity index (χ1) is 5.41. The van der Waals surface area contributed by atoms with Crippen LogP contribution < -0.4 is 5.32 Å². The third-order valence-electron chi connectivity index (χ3n) is 1.76. The van der Waals surface area contributed by atoms with Gasteiger partial charge in [-0.3, -0.25) is 0 Å². The second-order valence-corrected chi connectivity index (χ2v) is 2.89. The lowest BCUT2D eigenvalue weighted by Gasteiger charge is -1.95. The van der Waals surface area contributed by atoms with Crippen LogP contribution in [0.4, 0.5) is 0 Å². The van der Waals surface area contributed by atoms with E-state index >= 15 is 0 Å². The SMILES string of the molecule is CCCCCCCC=CNC. The van der Waals surface area contributed by atoms with Gasteiger partial charge in [0.25, 0.3) is 0 Å². The van der Waals surface area contributed by atoms with E-state index < -0.39 is 0 Å². The molecule has 0 atom stereocenters. The maximum Gasteiger partial charge on any atom is 0.00276 e. The van der Waals surface area contributed by atoms with Gasteiger partial charge in [0.05, 0.1) is 0 Å². The molecule has 0 saturated carbocycles. The molecule has 0 unspecified atom stereocenters. The largest absolute Gasteiger partial charge is 0.394 e. The maximum atomic E-state index is 2.99. The Hall–Kier alpha value is -0.460. The molecular formula is C10H21N. The van der Waals surface area contributed by atoms with Gasteiger partial charge in [0, 0.05) is 7.05 Å². The predicted molar refractivity (Wildman–Crippen MR) is 51.6 cm³/mol. The molecular weight excluding hydrogens is 134 g/mol. The molecule has 0 rings (SSSR count). The normalized spacial score (nSPS) is 10.7. The van der Waals surface area contributed by atoms with E-state index in [1.807, 2.05) is 13.2 Å². The fraction of sp³-hybridized carbons (Fsp3) is 0.800. The minimum atomic E-state index is 1.23. The Morgan fingerprint density at radius 1 is 1.09 bits per heavy atom. The van der Waals surface area contributed by atoms with E-state index in [4.69, 9.17) is 0 Å². The van der Waals surface area contributed by atoms with Crippen LogP contribution in [0.5, 0.6) is 0 Å². The molecule has 0 radical (unpaired) electrons. The predicted octanol–water partition coefficient (Wildman–Crippen LogP) is 3.08. The Bertz CT molecular complexity index is 86.9. The van der Waals surface area contributed by atoms with Gasteiger partial charge in [-0.1, -0.05) is 38.7 Å². The Morgan fingerprint density at radius 3 is 2.45 bits per heavy atom. The van der Waals surface area contributed by atoms with E-state index in [0.29, 0.717) is 0 Å². The average molecular weight is 155 g/mol. The highest BCUT2D eigenvalue weighted by Gasteiger charge is 1.85. The zero-order valence-electron chi connectivity index (χ0n) is 7.90. The lowest BCUT2D eigenvalue weighted by Crippen LogP contribution is -1.90. The Morgan fingerprint density at radius 2 is 1.82 bits per heavy atom. The van der Waals surface area contributed by atoms with Crippen molar-refractivity contribution in [3.63, 3.8) is 0 Å². The summed E-state index contributed by atoms with van der Waals surface area (Å²) in [6.07, 6.45) is 12.3. The Balaban J connectivity index is 2.85. The molecule has 0 aromatic rings. The van der Waals surface area contributed by atoms with E-state index in [1.54, 1.807) is 0 Å². The summed E-state index contributed by atoms with van der Waals surface area (Å²) in [6.45, 7) is 2.25. The minimum absolute atomic E-state index is 1.23. The lowest BCUT2D eigenvalue weighted by atomic mass is 10.1.